The van der Waals surface area contributed by atoms with E-state index in [4.69, 9.17) is 9.47 Å². The Morgan fingerprint density at radius 3 is 1.97 bits per heavy atom. The molecule has 0 aromatic heterocycles. The van der Waals surface area contributed by atoms with Gasteiger partial charge >= 0.3 is 6.03 Å². The third-order valence-electron chi connectivity index (χ3n) is 5.92. The molecule has 35 heavy (non-hydrogen) atoms. The number of halogens is 1. The number of carbonyl (C=O) groups excluding carboxylic acids is 3. The number of anilines is 1. The molecule has 180 valence electrons. The summed E-state index contributed by atoms with van der Waals surface area (Å²) >= 11 is 3.39. The van der Waals surface area contributed by atoms with Crippen molar-refractivity contribution in [2.75, 3.05) is 26.1 Å². The summed E-state index contributed by atoms with van der Waals surface area (Å²) in [5.41, 5.74) is 1.00. The van der Waals surface area contributed by atoms with Crippen LogP contribution in [0.5, 0.6) is 11.5 Å². The Morgan fingerprint density at radius 1 is 0.943 bits per heavy atom. The largest absolute Gasteiger partial charge is 0.497 e. The second-order valence-corrected chi connectivity index (χ2v) is 8.95. The zero-order valence-electron chi connectivity index (χ0n) is 19.4. The van der Waals surface area contributed by atoms with Crippen LogP contribution >= 0.6 is 15.9 Å². The number of hydrogen-bond donors (Lipinski definition) is 2. The van der Waals surface area contributed by atoms with Crippen LogP contribution in [0.15, 0.2) is 71.2 Å². The van der Waals surface area contributed by atoms with E-state index in [0.717, 1.165) is 14.9 Å². The minimum atomic E-state index is -1.51. The van der Waals surface area contributed by atoms with Crippen molar-refractivity contribution in [2.24, 2.45) is 0 Å². The number of hydrogen-bond acceptors (Lipinski definition) is 5. The van der Waals surface area contributed by atoms with Gasteiger partial charge in [0.15, 0.2) is 5.54 Å². The number of carbonyl (C=O) groups is 3. The van der Waals surface area contributed by atoms with Crippen molar-refractivity contribution in [2.45, 2.75) is 12.5 Å². The van der Waals surface area contributed by atoms with Crippen LogP contribution in [0.25, 0.3) is 0 Å². The van der Waals surface area contributed by atoms with Gasteiger partial charge in [-0.2, -0.15) is 0 Å². The maximum absolute atomic E-state index is 13.8. The molecule has 0 bridgehead atoms. The number of amides is 4. The lowest BCUT2D eigenvalue weighted by molar-refractivity contribution is -0.133. The molecule has 1 aliphatic rings. The molecule has 1 heterocycles. The number of rotatable bonds is 7. The standard InChI is InChI=1S/C26H24BrN3O5/c1-16-14-19(27)8-13-22(16)28-23(31)15-30-24(32)26(29-25(30)33,17-4-9-20(34-2)10-5-17)18-6-11-21(35-3)12-7-18/h4-14H,15H2,1-3H3,(H,28,31)(H,29,33). The van der Waals surface area contributed by atoms with Gasteiger partial charge in [-0.1, -0.05) is 40.2 Å². The Balaban J connectivity index is 1.67. The van der Waals surface area contributed by atoms with Gasteiger partial charge in [-0.15, -0.1) is 0 Å². The van der Waals surface area contributed by atoms with E-state index >= 15 is 0 Å². The summed E-state index contributed by atoms with van der Waals surface area (Å²) in [5.74, 6) is 0.174. The van der Waals surface area contributed by atoms with Gasteiger partial charge in [0.05, 0.1) is 14.2 Å². The van der Waals surface area contributed by atoms with Crippen LogP contribution in [0.4, 0.5) is 10.5 Å². The Kier molecular flexibility index (Phi) is 6.79. The molecule has 0 saturated carbocycles. The average molecular weight is 538 g/mol. The van der Waals surface area contributed by atoms with Crippen LogP contribution in [0.1, 0.15) is 16.7 Å². The number of aryl methyl sites for hydroxylation is 1. The average Bonchev–Trinajstić information content (AvgIpc) is 3.11. The van der Waals surface area contributed by atoms with E-state index in [2.05, 4.69) is 26.6 Å². The van der Waals surface area contributed by atoms with Crippen LogP contribution < -0.4 is 20.1 Å². The molecule has 0 radical (unpaired) electrons. The molecule has 3 aromatic rings. The molecule has 0 aliphatic carbocycles. The molecule has 0 atom stereocenters. The zero-order chi connectivity index (χ0) is 25.2. The molecular weight excluding hydrogens is 514 g/mol. The quantitative estimate of drug-likeness (QED) is 0.440. The number of methoxy groups -OCH3 is 2. The smallest absolute Gasteiger partial charge is 0.326 e. The van der Waals surface area contributed by atoms with Crippen molar-refractivity contribution in [3.63, 3.8) is 0 Å². The highest BCUT2D eigenvalue weighted by molar-refractivity contribution is 9.10. The second-order valence-electron chi connectivity index (χ2n) is 8.04. The Hall–Kier alpha value is -3.85. The van der Waals surface area contributed by atoms with Crippen molar-refractivity contribution >= 4 is 39.5 Å². The summed E-state index contributed by atoms with van der Waals surface area (Å²) in [4.78, 5) is 40.6. The van der Waals surface area contributed by atoms with Crippen LogP contribution in [0.3, 0.4) is 0 Å². The van der Waals surface area contributed by atoms with Gasteiger partial charge in [-0.25, -0.2) is 4.79 Å². The van der Waals surface area contributed by atoms with Crippen LogP contribution in [0, 0.1) is 6.92 Å². The third kappa shape index (κ3) is 4.59. The first-order chi connectivity index (χ1) is 16.8. The van der Waals surface area contributed by atoms with Gasteiger partial charge < -0.3 is 20.1 Å². The molecule has 1 aliphatic heterocycles. The lowest BCUT2D eigenvalue weighted by Gasteiger charge is -2.28. The highest BCUT2D eigenvalue weighted by Gasteiger charge is 2.54. The fraction of sp³-hybridized carbons (Fsp3) is 0.192. The molecule has 4 amide bonds. The minimum absolute atomic E-state index is 0.436. The number of imide groups is 1. The normalized spacial score (nSPS) is 14.5. The highest BCUT2D eigenvalue weighted by atomic mass is 79.9. The SMILES string of the molecule is COc1ccc(C2(c3ccc(OC)cc3)NC(=O)N(CC(=O)Nc3ccc(Br)cc3C)C2=O)cc1. The van der Waals surface area contributed by atoms with Crippen LogP contribution in [-0.2, 0) is 15.1 Å². The first kappa shape index (κ1) is 24.3. The second kappa shape index (κ2) is 9.79. The Bertz CT molecular complexity index is 1230. The highest BCUT2D eigenvalue weighted by Crippen LogP contribution is 2.37. The Morgan fingerprint density at radius 2 is 1.49 bits per heavy atom. The molecule has 1 saturated heterocycles. The third-order valence-corrected chi connectivity index (χ3v) is 6.41. The molecule has 0 spiro atoms. The topological polar surface area (TPSA) is 97.0 Å². The number of nitrogens with zero attached hydrogens (tertiary/aromatic N) is 1. The lowest BCUT2D eigenvalue weighted by atomic mass is 9.82. The molecule has 1 fully saturated rings. The van der Waals surface area contributed by atoms with Gasteiger partial charge in [0, 0.05) is 10.2 Å². The number of benzene rings is 3. The fourth-order valence-electron chi connectivity index (χ4n) is 4.06. The zero-order valence-corrected chi connectivity index (χ0v) is 21.0. The lowest BCUT2D eigenvalue weighted by Crippen LogP contribution is -2.45. The van der Waals surface area contributed by atoms with Crippen molar-refractivity contribution in [1.82, 2.24) is 10.2 Å². The first-order valence-corrected chi connectivity index (χ1v) is 11.6. The van der Waals surface area contributed by atoms with E-state index < -0.39 is 29.9 Å². The minimum Gasteiger partial charge on any atom is -0.497 e. The predicted octanol–water partition coefficient (Wildman–Crippen LogP) is 4.21. The van der Waals surface area contributed by atoms with Gasteiger partial charge in [0.25, 0.3) is 5.91 Å². The van der Waals surface area contributed by atoms with Crippen molar-refractivity contribution < 1.29 is 23.9 Å². The van der Waals surface area contributed by atoms with E-state index in [1.807, 2.05) is 13.0 Å². The monoisotopic (exact) mass is 537 g/mol. The Labute approximate surface area is 211 Å². The maximum atomic E-state index is 13.8. The van der Waals surface area contributed by atoms with Crippen molar-refractivity contribution in [3.8, 4) is 11.5 Å². The summed E-state index contributed by atoms with van der Waals surface area (Å²) in [5, 5.41) is 5.61. The van der Waals surface area contributed by atoms with Crippen molar-refractivity contribution in [1.29, 1.82) is 0 Å². The summed E-state index contributed by atoms with van der Waals surface area (Å²) in [7, 11) is 3.09. The van der Waals surface area contributed by atoms with Gasteiger partial charge in [0.2, 0.25) is 5.91 Å². The summed E-state index contributed by atoms with van der Waals surface area (Å²) in [6, 6.07) is 18.5. The summed E-state index contributed by atoms with van der Waals surface area (Å²) in [6.45, 7) is 1.42. The first-order valence-electron chi connectivity index (χ1n) is 10.8. The predicted molar refractivity (Wildman–Crippen MR) is 135 cm³/mol. The summed E-state index contributed by atoms with van der Waals surface area (Å²) in [6.07, 6.45) is 0. The van der Waals surface area contributed by atoms with Gasteiger partial charge in [-0.3, -0.25) is 14.5 Å². The number of nitrogens with one attached hydrogen (secondary N) is 2. The molecule has 9 heteroatoms. The van der Waals surface area contributed by atoms with Crippen LogP contribution in [-0.4, -0.2) is 43.5 Å². The summed E-state index contributed by atoms with van der Waals surface area (Å²) < 4.78 is 11.4. The van der Waals surface area contributed by atoms with Gasteiger partial charge in [-0.05, 0) is 66.1 Å². The molecule has 0 unspecified atom stereocenters. The van der Waals surface area contributed by atoms with E-state index in [1.165, 1.54) is 0 Å². The molecule has 8 nitrogen and oxygen atoms in total. The van der Waals surface area contributed by atoms with E-state index in [9.17, 15) is 14.4 Å². The molecule has 2 N–H and O–H groups in total. The van der Waals surface area contributed by atoms with E-state index in [0.29, 0.717) is 28.3 Å². The van der Waals surface area contributed by atoms with Gasteiger partial charge in [0.1, 0.15) is 18.0 Å². The molecular formula is C26H24BrN3O5. The number of ether oxygens (including phenoxy) is 2. The van der Waals surface area contributed by atoms with E-state index in [1.54, 1.807) is 74.9 Å². The number of urea groups is 1. The van der Waals surface area contributed by atoms with Crippen LogP contribution in [0.2, 0.25) is 0 Å². The fourth-order valence-corrected chi connectivity index (χ4v) is 4.54. The van der Waals surface area contributed by atoms with E-state index in [-0.39, 0.29) is 0 Å². The molecule has 4 rings (SSSR count). The van der Waals surface area contributed by atoms with Crippen molar-refractivity contribution in [3.05, 3.63) is 87.9 Å². The molecule has 3 aromatic carbocycles. The maximum Gasteiger partial charge on any atom is 0.326 e.